The van der Waals surface area contributed by atoms with Gasteiger partial charge >= 0.3 is 0 Å². The van der Waals surface area contributed by atoms with Crippen molar-refractivity contribution in [3.63, 3.8) is 0 Å². The molecule has 0 unspecified atom stereocenters. The molecular weight excluding hydrogens is 370 g/mol. The number of ketones is 2. The fraction of sp³-hybridized carbons (Fsp3) is 0.273. The molecule has 7 heteroatoms. The summed E-state index contributed by atoms with van der Waals surface area (Å²) in [6.45, 7) is 0. The molecular formula is C22H19N3O4. The molecule has 5 rings (SSSR count). The second-order valence-electron chi connectivity index (χ2n) is 7.30. The largest absolute Gasteiger partial charge is 0.463 e. The molecule has 3 aromatic rings. The fourth-order valence-electron chi connectivity index (χ4n) is 3.90. The van der Waals surface area contributed by atoms with Gasteiger partial charge in [-0.05, 0) is 37.1 Å². The van der Waals surface area contributed by atoms with Crippen LogP contribution in [0.1, 0.15) is 53.1 Å². The Kier molecular flexibility index (Phi) is 4.35. The Balaban J connectivity index is 1.58. The number of allylic oxidation sites excluding steroid dienone is 2. The smallest absolute Gasteiger partial charge is 0.229 e. The Labute approximate surface area is 166 Å². The minimum absolute atomic E-state index is 0.0332. The Morgan fingerprint density at radius 1 is 0.828 bits per heavy atom. The summed E-state index contributed by atoms with van der Waals surface area (Å²) < 4.78 is 11.0. The summed E-state index contributed by atoms with van der Waals surface area (Å²) >= 11 is 0. The monoisotopic (exact) mass is 389 g/mol. The molecule has 146 valence electrons. The number of nitrogens with zero attached hydrogens (tertiary/aromatic N) is 2. The summed E-state index contributed by atoms with van der Waals surface area (Å²) in [5, 5.41) is 3.26. The Morgan fingerprint density at radius 2 is 1.45 bits per heavy atom. The number of furan rings is 2. The molecule has 0 aliphatic heterocycles. The van der Waals surface area contributed by atoms with Crippen LogP contribution in [-0.2, 0) is 0 Å². The standard InChI is InChI=1S/C22H19N3O4/c26-15-12-14(23-13-6-2-1-3-7-13)22(27)21-18(15)24-19(16-8-4-10-28-16)20(25-21)17-9-5-11-29-17/h4-5,8-13,23H,1-3,6-7H2. The molecule has 0 atom stereocenters. The predicted molar refractivity (Wildman–Crippen MR) is 104 cm³/mol. The first-order valence-corrected chi connectivity index (χ1v) is 9.78. The second kappa shape index (κ2) is 7.16. The number of aromatic nitrogens is 2. The van der Waals surface area contributed by atoms with Gasteiger partial charge in [-0.2, -0.15) is 0 Å². The molecule has 1 saturated carbocycles. The van der Waals surface area contributed by atoms with E-state index in [1.807, 2.05) is 0 Å². The number of nitrogens with one attached hydrogen (secondary N) is 1. The molecule has 29 heavy (non-hydrogen) atoms. The van der Waals surface area contributed by atoms with Crippen LogP contribution in [0, 0.1) is 0 Å². The highest BCUT2D eigenvalue weighted by Gasteiger charge is 2.33. The van der Waals surface area contributed by atoms with Gasteiger partial charge in [-0.25, -0.2) is 9.97 Å². The van der Waals surface area contributed by atoms with Gasteiger partial charge in [0.25, 0.3) is 0 Å². The van der Waals surface area contributed by atoms with Crippen molar-refractivity contribution in [2.24, 2.45) is 0 Å². The third-order valence-electron chi connectivity index (χ3n) is 5.34. The zero-order valence-electron chi connectivity index (χ0n) is 15.7. The molecule has 0 bridgehead atoms. The summed E-state index contributed by atoms with van der Waals surface area (Å²) in [6.07, 6.45) is 9.82. The molecule has 1 fully saturated rings. The van der Waals surface area contributed by atoms with Crippen LogP contribution in [0.3, 0.4) is 0 Å². The maximum Gasteiger partial charge on any atom is 0.229 e. The lowest BCUT2D eigenvalue weighted by molar-refractivity contribution is 0.0968. The van der Waals surface area contributed by atoms with Crippen LogP contribution in [0.5, 0.6) is 0 Å². The van der Waals surface area contributed by atoms with Crippen LogP contribution in [0.2, 0.25) is 0 Å². The van der Waals surface area contributed by atoms with E-state index in [0.29, 0.717) is 28.6 Å². The molecule has 7 nitrogen and oxygen atoms in total. The van der Waals surface area contributed by atoms with Crippen molar-refractivity contribution in [3.8, 4) is 22.9 Å². The lowest BCUT2D eigenvalue weighted by Crippen LogP contribution is -2.36. The lowest BCUT2D eigenvalue weighted by atomic mass is 9.93. The van der Waals surface area contributed by atoms with Crippen molar-refractivity contribution >= 4 is 11.6 Å². The van der Waals surface area contributed by atoms with Crippen LogP contribution in [0.15, 0.2) is 57.4 Å². The van der Waals surface area contributed by atoms with Crippen molar-refractivity contribution in [2.45, 2.75) is 38.1 Å². The maximum atomic E-state index is 13.1. The molecule has 2 aliphatic rings. The van der Waals surface area contributed by atoms with Crippen LogP contribution in [0.4, 0.5) is 0 Å². The Hall–Kier alpha value is -3.48. The second-order valence-corrected chi connectivity index (χ2v) is 7.30. The van der Waals surface area contributed by atoms with Gasteiger partial charge in [-0.3, -0.25) is 9.59 Å². The first kappa shape index (κ1) is 17.6. The van der Waals surface area contributed by atoms with E-state index in [2.05, 4.69) is 15.3 Å². The van der Waals surface area contributed by atoms with E-state index in [0.717, 1.165) is 25.7 Å². The number of hydrogen-bond donors (Lipinski definition) is 1. The van der Waals surface area contributed by atoms with E-state index in [-0.39, 0.29) is 29.0 Å². The molecule has 0 spiro atoms. The molecule has 1 N–H and O–H groups in total. The minimum atomic E-state index is -0.343. The molecule has 0 radical (unpaired) electrons. The highest BCUT2D eigenvalue weighted by molar-refractivity contribution is 6.23. The van der Waals surface area contributed by atoms with Crippen LogP contribution >= 0.6 is 0 Å². The molecule has 3 heterocycles. The van der Waals surface area contributed by atoms with E-state index < -0.39 is 0 Å². The average Bonchev–Trinajstić information content (AvgIpc) is 3.46. The van der Waals surface area contributed by atoms with Crippen LogP contribution in [0.25, 0.3) is 22.9 Å². The predicted octanol–water partition coefficient (Wildman–Crippen LogP) is 4.18. The first-order chi connectivity index (χ1) is 14.2. The van der Waals surface area contributed by atoms with Crippen molar-refractivity contribution in [3.05, 3.63) is 60.0 Å². The number of fused-ring (bicyclic) bond motifs is 1. The van der Waals surface area contributed by atoms with Crippen molar-refractivity contribution in [1.29, 1.82) is 0 Å². The Bertz CT molecular complexity index is 1090. The van der Waals surface area contributed by atoms with Gasteiger partial charge in [0, 0.05) is 12.1 Å². The fourth-order valence-corrected chi connectivity index (χ4v) is 3.90. The number of hydrogen-bond acceptors (Lipinski definition) is 7. The van der Waals surface area contributed by atoms with Gasteiger partial charge in [0.15, 0.2) is 11.5 Å². The molecule has 2 aliphatic carbocycles. The highest BCUT2D eigenvalue weighted by Crippen LogP contribution is 2.32. The minimum Gasteiger partial charge on any atom is -0.463 e. The zero-order valence-corrected chi connectivity index (χ0v) is 15.7. The number of carbonyl (C=O) groups excluding carboxylic acids is 2. The first-order valence-electron chi connectivity index (χ1n) is 9.78. The molecule has 0 aromatic carbocycles. The van der Waals surface area contributed by atoms with Crippen molar-refractivity contribution in [1.82, 2.24) is 15.3 Å². The lowest BCUT2D eigenvalue weighted by Gasteiger charge is -2.26. The van der Waals surface area contributed by atoms with Gasteiger partial charge in [-0.1, -0.05) is 19.3 Å². The SMILES string of the molecule is O=C1C=C(NC2CCCCC2)C(=O)c2nc(-c3ccco3)c(-c3ccco3)nc21. The van der Waals surface area contributed by atoms with E-state index in [1.165, 1.54) is 25.0 Å². The zero-order chi connectivity index (χ0) is 19.8. The van der Waals surface area contributed by atoms with E-state index in [4.69, 9.17) is 8.83 Å². The summed E-state index contributed by atoms with van der Waals surface area (Å²) in [5.74, 6) is 0.228. The van der Waals surface area contributed by atoms with Gasteiger partial charge < -0.3 is 14.2 Å². The van der Waals surface area contributed by atoms with Crippen molar-refractivity contribution < 1.29 is 18.4 Å². The summed E-state index contributed by atoms with van der Waals surface area (Å²) in [7, 11) is 0. The summed E-state index contributed by atoms with van der Waals surface area (Å²) in [4.78, 5) is 34.9. The van der Waals surface area contributed by atoms with Gasteiger partial charge in [0.05, 0.1) is 18.2 Å². The van der Waals surface area contributed by atoms with E-state index in [1.54, 1.807) is 24.3 Å². The highest BCUT2D eigenvalue weighted by atomic mass is 16.3. The van der Waals surface area contributed by atoms with Crippen molar-refractivity contribution in [2.75, 3.05) is 0 Å². The maximum absolute atomic E-state index is 13.1. The quantitative estimate of drug-likeness (QED) is 0.714. The molecule has 3 aromatic heterocycles. The van der Waals surface area contributed by atoms with Gasteiger partial charge in [0.1, 0.15) is 22.8 Å². The summed E-state index contributed by atoms with van der Waals surface area (Å²) in [5.41, 5.74) is 1.09. The normalized spacial score (nSPS) is 17.2. The third kappa shape index (κ3) is 3.18. The topological polar surface area (TPSA) is 98.2 Å². The average molecular weight is 389 g/mol. The Morgan fingerprint density at radius 3 is 2.03 bits per heavy atom. The number of Topliss-reactive ketones (excluding diaryl/α,β-unsaturated/α-hetero) is 1. The van der Waals surface area contributed by atoms with Gasteiger partial charge in [0.2, 0.25) is 11.6 Å². The van der Waals surface area contributed by atoms with E-state index >= 15 is 0 Å². The van der Waals surface area contributed by atoms with Crippen LogP contribution < -0.4 is 5.32 Å². The van der Waals surface area contributed by atoms with Crippen LogP contribution in [-0.4, -0.2) is 27.6 Å². The molecule has 0 saturated heterocycles. The third-order valence-corrected chi connectivity index (χ3v) is 5.34. The number of carbonyl (C=O) groups is 2. The summed E-state index contributed by atoms with van der Waals surface area (Å²) in [6, 6.07) is 7.11. The number of rotatable bonds is 4. The van der Waals surface area contributed by atoms with E-state index in [9.17, 15) is 9.59 Å². The van der Waals surface area contributed by atoms with Gasteiger partial charge in [-0.15, -0.1) is 0 Å². The molecule has 0 amide bonds.